The number of halogens is 4. The summed E-state index contributed by atoms with van der Waals surface area (Å²) in [5.74, 6) is 4.09. The van der Waals surface area contributed by atoms with Gasteiger partial charge in [0.25, 0.3) is 0 Å². The van der Waals surface area contributed by atoms with Crippen molar-refractivity contribution in [1.29, 1.82) is 0 Å². The molecule has 0 saturated heterocycles. The maximum absolute atomic E-state index is 13.5. The second kappa shape index (κ2) is 5.63. The molecule has 0 aliphatic rings. The average Bonchev–Trinajstić information content (AvgIpc) is 2.40. The fourth-order valence-corrected chi connectivity index (χ4v) is 2.17. The van der Waals surface area contributed by atoms with Crippen molar-refractivity contribution in [3.05, 3.63) is 41.8 Å². The van der Waals surface area contributed by atoms with Crippen molar-refractivity contribution in [3.63, 3.8) is 0 Å². The Labute approximate surface area is 115 Å². The van der Waals surface area contributed by atoms with Gasteiger partial charge in [-0.05, 0) is 12.1 Å². The number of aromatic nitrogens is 2. The molecule has 0 atom stereocenters. The molecule has 1 aromatic carbocycles. The van der Waals surface area contributed by atoms with Crippen LogP contribution in [0.5, 0.6) is 0 Å². The van der Waals surface area contributed by atoms with Gasteiger partial charge in [0.1, 0.15) is 10.8 Å². The van der Waals surface area contributed by atoms with E-state index < -0.39 is 23.6 Å². The molecule has 2 rings (SSSR count). The first-order valence-corrected chi connectivity index (χ1v) is 6.07. The molecule has 0 radical (unpaired) electrons. The van der Waals surface area contributed by atoms with Gasteiger partial charge in [-0.25, -0.2) is 20.2 Å². The van der Waals surface area contributed by atoms with E-state index >= 15 is 0 Å². The average molecular weight is 304 g/mol. The lowest BCUT2D eigenvalue weighted by atomic mass is 10.3. The van der Waals surface area contributed by atoms with E-state index in [0.29, 0.717) is 0 Å². The predicted molar refractivity (Wildman–Crippen MR) is 65.4 cm³/mol. The van der Waals surface area contributed by atoms with E-state index in [-0.39, 0.29) is 9.92 Å². The van der Waals surface area contributed by atoms with Gasteiger partial charge in [-0.2, -0.15) is 13.2 Å². The Hall–Kier alpha value is -1.87. The fourth-order valence-electron chi connectivity index (χ4n) is 1.33. The molecule has 4 nitrogen and oxygen atoms in total. The quantitative estimate of drug-likeness (QED) is 0.395. The highest BCUT2D eigenvalue weighted by molar-refractivity contribution is 7.99. The third-order valence-corrected chi connectivity index (χ3v) is 3.14. The lowest BCUT2D eigenvalue weighted by Gasteiger charge is -2.09. The monoisotopic (exact) mass is 304 g/mol. The standard InChI is InChI=1S/C11H8F4N4S/c12-6-3-1-2-4-7(6)20-9-5-8(11(13,14)15)17-10(18-9)19-16/h1-5H,16H2,(H,17,18,19). The van der Waals surface area contributed by atoms with Crippen LogP contribution in [0.3, 0.4) is 0 Å². The van der Waals surface area contributed by atoms with Gasteiger partial charge < -0.3 is 0 Å². The number of hydrogen-bond acceptors (Lipinski definition) is 5. The summed E-state index contributed by atoms with van der Waals surface area (Å²) in [6, 6.07) is 6.42. The Bertz CT molecular complexity index is 618. The van der Waals surface area contributed by atoms with Crippen molar-refractivity contribution in [2.75, 3.05) is 5.43 Å². The molecule has 0 amide bonds. The molecule has 20 heavy (non-hydrogen) atoms. The van der Waals surface area contributed by atoms with Gasteiger partial charge in [-0.1, -0.05) is 23.9 Å². The Morgan fingerprint density at radius 3 is 2.45 bits per heavy atom. The van der Waals surface area contributed by atoms with Gasteiger partial charge in [0.15, 0.2) is 5.69 Å². The number of alkyl halides is 3. The maximum Gasteiger partial charge on any atom is 0.433 e. The Morgan fingerprint density at radius 2 is 1.85 bits per heavy atom. The molecule has 0 unspecified atom stereocenters. The van der Waals surface area contributed by atoms with Gasteiger partial charge >= 0.3 is 6.18 Å². The van der Waals surface area contributed by atoms with E-state index in [4.69, 9.17) is 5.84 Å². The minimum Gasteiger partial charge on any atom is -0.292 e. The Morgan fingerprint density at radius 1 is 1.15 bits per heavy atom. The van der Waals surface area contributed by atoms with Crippen LogP contribution in [0, 0.1) is 5.82 Å². The highest BCUT2D eigenvalue weighted by Crippen LogP contribution is 2.33. The number of hydrogen-bond donors (Lipinski definition) is 2. The normalized spacial score (nSPS) is 11.4. The molecule has 106 valence electrons. The lowest BCUT2D eigenvalue weighted by Crippen LogP contribution is -2.15. The molecule has 0 spiro atoms. The minimum atomic E-state index is -4.64. The second-order valence-electron chi connectivity index (χ2n) is 3.59. The third kappa shape index (κ3) is 3.36. The third-order valence-electron chi connectivity index (χ3n) is 2.17. The van der Waals surface area contributed by atoms with Gasteiger partial charge in [0.2, 0.25) is 5.95 Å². The van der Waals surface area contributed by atoms with Crippen LogP contribution in [0.15, 0.2) is 40.3 Å². The molecular weight excluding hydrogens is 296 g/mol. The zero-order valence-electron chi connectivity index (χ0n) is 9.78. The summed E-state index contributed by atoms with van der Waals surface area (Å²) in [5.41, 5.74) is 0.798. The number of nitrogens with one attached hydrogen (secondary N) is 1. The molecular formula is C11H8F4N4S. The van der Waals surface area contributed by atoms with Gasteiger partial charge in [0, 0.05) is 11.0 Å². The molecule has 0 fully saturated rings. The molecule has 9 heteroatoms. The molecule has 3 N–H and O–H groups in total. The molecule has 0 bridgehead atoms. The largest absolute Gasteiger partial charge is 0.433 e. The summed E-state index contributed by atoms with van der Waals surface area (Å²) >= 11 is 0.752. The molecule has 2 aromatic rings. The number of nitrogens with zero attached hydrogens (tertiary/aromatic N) is 2. The van der Waals surface area contributed by atoms with Crippen molar-refractivity contribution in [2.24, 2.45) is 5.84 Å². The van der Waals surface area contributed by atoms with Crippen LogP contribution >= 0.6 is 11.8 Å². The van der Waals surface area contributed by atoms with Gasteiger partial charge in [-0.3, -0.25) is 5.43 Å². The van der Waals surface area contributed by atoms with E-state index in [1.54, 1.807) is 6.07 Å². The fraction of sp³-hybridized carbons (Fsp3) is 0.0909. The number of nitrogen functional groups attached to an aromatic ring is 1. The number of benzene rings is 1. The van der Waals surface area contributed by atoms with E-state index in [0.717, 1.165) is 17.8 Å². The van der Waals surface area contributed by atoms with Crippen molar-refractivity contribution < 1.29 is 17.6 Å². The van der Waals surface area contributed by atoms with Gasteiger partial charge in [0.05, 0.1) is 0 Å². The Balaban J connectivity index is 2.39. The minimum absolute atomic E-state index is 0.0645. The zero-order valence-corrected chi connectivity index (χ0v) is 10.6. The number of anilines is 1. The van der Waals surface area contributed by atoms with E-state index in [9.17, 15) is 17.6 Å². The molecule has 1 aromatic heterocycles. The summed E-state index contributed by atoms with van der Waals surface area (Å²) < 4.78 is 51.4. The summed E-state index contributed by atoms with van der Waals surface area (Å²) in [6.07, 6.45) is -4.64. The molecule has 0 aliphatic heterocycles. The zero-order chi connectivity index (χ0) is 14.8. The summed E-state index contributed by atoms with van der Waals surface area (Å²) in [5, 5.41) is -0.0645. The van der Waals surface area contributed by atoms with E-state index in [1.807, 2.05) is 5.43 Å². The summed E-state index contributed by atoms with van der Waals surface area (Å²) in [6.45, 7) is 0. The summed E-state index contributed by atoms with van der Waals surface area (Å²) in [4.78, 5) is 7.11. The van der Waals surface area contributed by atoms with Crippen LogP contribution in [0.25, 0.3) is 0 Å². The molecule has 0 aliphatic carbocycles. The van der Waals surface area contributed by atoms with Crippen molar-refractivity contribution in [2.45, 2.75) is 16.1 Å². The van der Waals surface area contributed by atoms with Crippen LogP contribution in [0.1, 0.15) is 5.69 Å². The second-order valence-corrected chi connectivity index (χ2v) is 4.65. The van der Waals surface area contributed by atoms with Crippen LogP contribution < -0.4 is 11.3 Å². The van der Waals surface area contributed by atoms with Gasteiger partial charge in [-0.15, -0.1) is 0 Å². The Kier molecular flexibility index (Phi) is 4.09. The highest BCUT2D eigenvalue weighted by atomic mass is 32.2. The first-order valence-electron chi connectivity index (χ1n) is 5.25. The SMILES string of the molecule is NNc1nc(Sc2ccccc2F)cc(C(F)(F)F)n1. The number of hydrazine groups is 1. The first-order chi connectivity index (χ1) is 9.40. The maximum atomic E-state index is 13.5. The topological polar surface area (TPSA) is 63.8 Å². The molecule has 1 heterocycles. The lowest BCUT2D eigenvalue weighted by molar-refractivity contribution is -0.141. The van der Waals surface area contributed by atoms with Crippen LogP contribution in [-0.2, 0) is 6.18 Å². The van der Waals surface area contributed by atoms with Crippen molar-refractivity contribution >= 4 is 17.7 Å². The van der Waals surface area contributed by atoms with Crippen LogP contribution in [0.2, 0.25) is 0 Å². The van der Waals surface area contributed by atoms with E-state index in [1.165, 1.54) is 18.2 Å². The van der Waals surface area contributed by atoms with E-state index in [2.05, 4.69) is 9.97 Å². The van der Waals surface area contributed by atoms with Crippen LogP contribution in [0.4, 0.5) is 23.5 Å². The van der Waals surface area contributed by atoms with Crippen molar-refractivity contribution in [1.82, 2.24) is 9.97 Å². The number of nitrogens with two attached hydrogens (primary N) is 1. The molecule has 0 saturated carbocycles. The number of rotatable bonds is 3. The smallest absolute Gasteiger partial charge is 0.292 e. The first kappa shape index (κ1) is 14.5. The predicted octanol–water partition coefficient (Wildman–Crippen LogP) is 3.07. The highest BCUT2D eigenvalue weighted by Gasteiger charge is 2.33. The summed E-state index contributed by atoms with van der Waals surface area (Å²) in [7, 11) is 0. The van der Waals surface area contributed by atoms with Crippen LogP contribution in [-0.4, -0.2) is 9.97 Å². The van der Waals surface area contributed by atoms with Crippen molar-refractivity contribution in [3.8, 4) is 0 Å².